The lowest BCUT2D eigenvalue weighted by Crippen LogP contribution is -2.69. The fraction of sp³-hybridized carbons (Fsp3) is 0.787. The van der Waals surface area contributed by atoms with Crippen LogP contribution in [0.2, 0.25) is 0 Å². The highest BCUT2D eigenvalue weighted by Crippen LogP contribution is 2.43. The number of benzene rings is 1. The van der Waals surface area contributed by atoms with Crippen molar-refractivity contribution < 1.29 is 58.4 Å². The molecule has 3 aliphatic heterocycles. The summed E-state index contributed by atoms with van der Waals surface area (Å²) in [6, 6.07) is 8.72. The van der Waals surface area contributed by atoms with Crippen LogP contribution in [0.4, 0.5) is 0 Å². The standard InChI is InChI=1S/C47H79N5O12/c1-14-36-46(10,56)40(53)32(6)49-25-28(2)23-44(8,55)41(64-43-39(61-34-18-16-15-17-19-34)35(51(11)12)22-29(3)59-43)30(4)38(31(5)42(54)62-36)63-37-24-45(9,58-13)47(57,33(7)60-37)26-50-52-21-20-48-27-52/h15-21,27-33,35-41,43,49-50,53,55-57H,14,22-26H2,1-13H3/t28-,29-,30+,31-,32-,33+,35+,36-,37+,38+,39-,40-,41-,43+,44-,45-,46-,47+/m1/s1. The summed E-state index contributed by atoms with van der Waals surface area (Å²) in [5.41, 5.74) is -3.04. The highest BCUT2D eigenvalue weighted by Gasteiger charge is 2.59. The zero-order chi connectivity index (χ0) is 47.4. The van der Waals surface area contributed by atoms with Gasteiger partial charge in [0.05, 0.1) is 48.5 Å². The van der Waals surface area contributed by atoms with E-state index in [9.17, 15) is 25.2 Å². The van der Waals surface area contributed by atoms with Crippen molar-refractivity contribution >= 4 is 5.97 Å². The Balaban J connectivity index is 1.59. The Morgan fingerprint density at radius 2 is 1.67 bits per heavy atom. The number of ether oxygens (including phenoxy) is 7. The van der Waals surface area contributed by atoms with Gasteiger partial charge >= 0.3 is 5.97 Å². The fourth-order valence-corrected chi connectivity index (χ4v) is 10.1. The quantitative estimate of drug-likeness (QED) is 0.169. The Morgan fingerprint density at radius 3 is 2.28 bits per heavy atom. The van der Waals surface area contributed by atoms with Crippen LogP contribution in [0, 0.1) is 17.8 Å². The molecule has 3 aliphatic rings. The molecule has 5 rings (SSSR count). The predicted molar refractivity (Wildman–Crippen MR) is 240 cm³/mol. The van der Waals surface area contributed by atoms with Crippen molar-refractivity contribution in [2.45, 2.75) is 185 Å². The van der Waals surface area contributed by atoms with Crippen LogP contribution in [0.3, 0.4) is 0 Å². The van der Waals surface area contributed by atoms with E-state index in [1.807, 2.05) is 65.2 Å². The zero-order valence-corrected chi connectivity index (χ0v) is 40.3. The molecule has 0 bridgehead atoms. The maximum atomic E-state index is 14.6. The number of methoxy groups -OCH3 is 1. The number of esters is 1. The van der Waals surface area contributed by atoms with Gasteiger partial charge in [-0.15, -0.1) is 0 Å². The van der Waals surface area contributed by atoms with Gasteiger partial charge in [-0.25, -0.2) is 4.98 Å². The van der Waals surface area contributed by atoms with E-state index in [0.717, 1.165) is 0 Å². The summed E-state index contributed by atoms with van der Waals surface area (Å²) in [4.78, 5) is 20.8. The molecular weight excluding hydrogens is 827 g/mol. The number of aliphatic hydroxyl groups is 4. The van der Waals surface area contributed by atoms with E-state index in [1.165, 1.54) is 14.0 Å². The minimum atomic E-state index is -1.83. The number of likely N-dealkylation sites (N-methyl/N-ethyl adjacent to an activating group) is 1. The number of nitrogens with zero attached hydrogens (tertiary/aromatic N) is 3. The topological polar surface area (TPSA) is 208 Å². The van der Waals surface area contributed by atoms with E-state index >= 15 is 0 Å². The Morgan fingerprint density at radius 1 is 0.984 bits per heavy atom. The highest BCUT2D eigenvalue weighted by atomic mass is 16.7. The minimum Gasteiger partial charge on any atom is -0.483 e. The summed E-state index contributed by atoms with van der Waals surface area (Å²) >= 11 is 0. The van der Waals surface area contributed by atoms with Gasteiger partial charge in [0.25, 0.3) is 0 Å². The molecule has 1 aromatic carbocycles. The third kappa shape index (κ3) is 11.6. The van der Waals surface area contributed by atoms with Gasteiger partial charge in [-0.3, -0.25) is 9.47 Å². The molecule has 0 spiro atoms. The number of hydrogen-bond donors (Lipinski definition) is 6. The van der Waals surface area contributed by atoms with Gasteiger partial charge in [0.1, 0.15) is 41.1 Å². The molecule has 17 heteroatoms. The maximum absolute atomic E-state index is 14.6. The Hall–Kier alpha value is -2.94. The van der Waals surface area contributed by atoms with Crippen LogP contribution in [0.15, 0.2) is 49.1 Å². The number of carbonyl (C=O) groups excluding carboxylic acids is 1. The first-order chi connectivity index (χ1) is 30.0. The summed E-state index contributed by atoms with van der Waals surface area (Å²) in [5, 5.41) is 51.8. The van der Waals surface area contributed by atoms with Crippen molar-refractivity contribution in [2.24, 2.45) is 17.8 Å². The van der Waals surface area contributed by atoms with E-state index in [4.69, 9.17) is 33.2 Å². The lowest BCUT2D eigenvalue weighted by Gasteiger charge is -2.53. The van der Waals surface area contributed by atoms with Crippen LogP contribution in [0.25, 0.3) is 0 Å². The number of rotatable bonds is 12. The first-order valence-corrected chi connectivity index (χ1v) is 23.0. The first kappa shape index (κ1) is 52.0. The lowest BCUT2D eigenvalue weighted by atomic mass is 9.75. The summed E-state index contributed by atoms with van der Waals surface area (Å²) < 4.78 is 47.8. The molecule has 364 valence electrons. The van der Waals surface area contributed by atoms with E-state index < -0.39 is 95.5 Å². The van der Waals surface area contributed by atoms with Crippen molar-refractivity contribution in [1.29, 1.82) is 0 Å². The van der Waals surface area contributed by atoms with Crippen molar-refractivity contribution in [1.82, 2.24) is 19.9 Å². The maximum Gasteiger partial charge on any atom is 0.311 e. The molecule has 0 aliphatic carbocycles. The van der Waals surface area contributed by atoms with Crippen LogP contribution in [0.5, 0.6) is 5.75 Å². The summed E-state index contributed by atoms with van der Waals surface area (Å²) in [6.45, 7) is 18.2. The number of carbonyl (C=O) groups is 1. The zero-order valence-electron chi connectivity index (χ0n) is 40.3. The molecule has 4 heterocycles. The van der Waals surface area contributed by atoms with Crippen LogP contribution < -0.4 is 15.5 Å². The second-order valence-electron chi connectivity index (χ2n) is 19.7. The SMILES string of the molecule is CC[C@H]1OC(=O)[C@H](C)[C@@H](O[C@H]2C[C@@](C)(OC)[C@](O)(CNn3ccnc3)[C@H](C)O2)[C@H](C)[C@@H](O[C@@H]2O[C@H](C)C[C@H](N(C)C)[C@H]2Oc2ccccc2)[C@](C)(O)C[C@@H](C)CN[C@H](C)[C@@H](O)[C@]1(C)O. The monoisotopic (exact) mass is 906 g/mol. The van der Waals surface area contributed by atoms with E-state index in [0.29, 0.717) is 18.7 Å². The van der Waals surface area contributed by atoms with Crippen molar-refractivity contribution in [3.05, 3.63) is 49.1 Å². The largest absolute Gasteiger partial charge is 0.483 e. The average Bonchev–Trinajstić information content (AvgIpc) is 3.77. The van der Waals surface area contributed by atoms with Gasteiger partial charge < -0.3 is 69.2 Å². The molecule has 3 saturated heterocycles. The Bertz CT molecular complexity index is 1740. The highest BCUT2D eigenvalue weighted by molar-refractivity contribution is 5.73. The number of nitrogens with one attached hydrogen (secondary N) is 2. The number of cyclic esters (lactones) is 1. The molecular formula is C47H79N5O12. The van der Waals surface area contributed by atoms with Gasteiger partial charge in [0.2, 0.25) is 0 Å². The van der Waals surface area contributed by atoms with E-state index in [1.54, 1.807) is 64.9 Å². The molecule has 2 aromatic rings. The third-order valence-corrected chi connectivity index (χ3v) is 14.2. The van der Waals surface area contributed by atoms with Crippen LogP contribution in [-0.4, -0.2) is 165 Å². The van der Waals surface area contributed by atoms with Crippen LogP contribution in [0.1, 0.15) is 94.9 Å². The van der Waals surface area contributed by atoms with Crippen LogP contribution >= 0.6 is 0 Å². The molecule has 0 saturated carbocycles. The number of aliphatic hydroxyl groups excluding tert-OH is 1. The van der Waals surface area contributed by atoms with Crippen LogP contribution in [-0.2, 0) is 33.2 Å². The molecule has 6 N–H and O–H groups in total. The van der Waals surface area contributed by atoms with E-state index in [2.05, 4.69) is 20.6 Å². The molecule has 0 amide bonds. The van der Waals surface area contributed by atoms with Gasteiger partial charge in [0.15, 0.2) is 18.7 Å². The van der Waals surface area contributed by atoms with Gasteiger partial charge in [0, 0.05) is 37.9 Å². The Labute approximate surface area is 380 Å². The number of imidazole rings is 1. The molecule has 64 heavy (non-hydrogen) atoms. The summed E-state index contributed by atoms with van der Waals surface area (Å²) in [6.07, 6.45) is -2.23. The molecule has 0 radical (unpaired) electrons. The van der Waals surface area contributed by atoms with Crippen molar-refractivity contribution in [3.63, 3.8) is 0 Å². The normalized spacial score (nSPS) is 43.2. The summed E-state index contributed by atoms with van der Waals surface area (Å²) in [7, 11) is 5.50. The summed E-state index contributed by atoms with van der Waals surface area (Å²) in [5.74, 6) is -2.07. The second kappa shape index (κ2) is 21.3. The average molecular weight is 906 g/mol. The van der Waals surface area contributed by atoms with E-state index in [-0.39, 0.29) is 43.9 Å². The second-order valence-corrected chi connectivity index (χ2v) is 19.7. The third-order valence-electron chi connectivity index (χ3n) is 14.2. The molecule has 0 unspecified atom stereocenters. The van der Waals surface area contributed by atoms with Gasteiger partial charge in [-0.1, -0.05) is 39.0 Å². The van der Waals surface area contributed by atoms with Gasteiger partial charge in [-0.05, 0) is 106 Å². The van der Waals surface area contributed by atoms with Crippen molar-refractivity contribution in [2.75, 3.05) is 39.7 Å². The molecule has 17 nitrogen and oxygen atoms in total. The number of aromatic nitrogens is 2. The van der Waals surface area contributed by atoms with Gasteiger partial charge in [-0.2, -0.15) is 0 Å². The molecule has 18 atom stereocenters. The first-order valence-electron chi connectivity index (χ1n) is 23.0. The smallest absolute Gasteiger partial charge is 0.311 e. The number of hydrogen-bond acceptors (Lipinski definition) is 16. The predicted octanol–water partition coefficient (Wildman–Crippen LogP) is 3.46. The minimum absolute atomic E-state index is 0.0404. The molecule has 3 fully saturated rings. The number of para-hydroxylation sites is 1. The Kier molecular flexibility index (Phi) is 17.4. The van der Waals surface area contributed by atoms with Crippen molar-refractivity contribution in [3.8, 4) is 5.75 Å². The fourth-order valence-electron chi connectivity index (χ4n) is 10.1. The molecule has 1 aromatic heterocycles. The lowest BCUT2D eigenvalue weighted by molar-refractivity contribution is -0.334.